The van der Waals surface area contributed by atoms with Gasteiger partial charge in [0.25, 0.3) is 0 Å². The Morgan fingerprint density at radius 2 is 1.91 bits per heavy atom. The average Bonchev–Trinajstić information content (AvgIpc) is 3.28. The predicted molar refractivity (Wildman–Crippen MR) is 101 cm³/mol. The van der Waals surface area contributed by atoms with Crippen molar-refractivity contribution in [2.75, 3.05) is 26.2 Å². The first-order chi connectivity index (χ1) is 10.2. The molecule has 3 fully saturated rings. The van der Waals surface area contributed by atoms with E-state index in [0.29, 0.717) is 12.6 Å². The van der Waals surface area contributed by atoms with Gasteiger partial charge in [-0.3, -0.25) is 4.99 Å². The molecule has 3 N–H and O–H groups in total. The summed E-state index contributed by atoms with van der Waals surface area (Å²) in [5.41, 5.74) is -0.530. The van der Waals surface area contributed by atoms with Gasteiger partial charge in [0.1, 0.15) is 0 Å². The first kappa shape index (κ1) is 18.3. The minimum atomic E-state index is -0.530. The zero-order valence-corrected chi connectivity index (χ0v) is 16.0. The number of halogens is 1. The Balaban J connectivity index is 0.00000176. The van der Waals surface area contributed by atoms with Gasteiger partial charge >= 0.3 is 0 Å². The van der Waals surface area contributed by atoms with Crippen molar-refractivity contribution >= 4 is 29.9 Å². The van der Waals surface area contributed by atoms with Crippen LogP contribution in [0.5, 0.6) is 0 Å². The fourth-order valence-electron chi connectivity index (χ4n) is 3.33. The molecule has 2 aliphatic carbocycles. The van der Waals surface area contributed by atoms with Gasteiger partial charge in [0.05, 0.1) is 12.1 Å². The maximum absolute atomic E-state index is 10.2. The maximum Gasteiger partial charge on any atom is 0.191 e. The summed E-state index contributed by atoms with van der Waals surface area (Å²) in [5.74, 6) is 0.877. The van der Waals surface area contributed by atoms with Crippen LogP contribution in [0.2, 0.25) is 0 Å². The van der Waals surface area contributed by atoms with Crippen molar-refractivity contribution in [2.24, 2.45) is 4.99 Å². The van der Waals surface area contributed by atoms with E-state index in [1.165, 1.54) is 38.8 Å². The summed E-state index contributed by atoms with van der Waals surface area (Å²) in [6, 6.07) is 1.41. The summed E-state index contributed by atoms with van der Waals surface area (Å²) in [5, 5.41) is 17.0. The van der Waals surface area contributed by atoms with Crippen LogP contribution >= 0.6 is 24.0 Å². The Labute approximate surface area is 151 Å². The number of guanidine groups is 1. The molecule has 3 rings (SSSR count). The molecule has 0 amide bonds. The Morgan fingerprint density at radius 1 is 1.23 bits per heavy atom. The van der Waals surface area contributed by atoms with Gasteiger partial charge in [-0.25, -0.2) is 0 Å². The molecule has 3 aliphatic rings. The summed E-state index contributed by atoms with van der Waals surface area (Å²) in [6.45, 7) is 5.91. The van der Waals surface area contributed by atoms with Gasteiger partial charge in [0.15, 0.2) is 5.96 Å². The highest BCUT2D eigenvalue weighted by Gasteiger charge is 2.34. The molecule has 22 heavy (non-hydrogen) atoms. The van der Waals surface area contributed by atoms with E-state index in [1.54, 1.807) is 0 Å². The van der Waals surface area contributed by atoms with Crippen LogP contribution in [-0.4, -0.2) is 59.8 Å². The summed E-state index contributed by atoms with van der Waals surface area (Å²) in [7, 11) is 0. The highest BCUT2D eigenvalue weighted by atomic mass is 127. The second-order valence-electron chi connectivity index (χ2n) is 6.96. The first-order valence-electron chi connectivity index (χ1n) is 8.70. The van der Waals surface area contributed by atoms with E-state index in [4.69, 9.17) is 0 Å². The summed E-state index contributed by atoms with van der Waals surface area (Å²) in [6.07, 6.45) is 8.14. The molecule has 0 aromatic heterocycles. The monoisotopic (exact) mass is 422 g/mol. The Kier molecular flexibility index (Phi) is 6.76. The van der Waals surface area contributed by atoms with Crippen molar-refractivity contribution in [1.82, 2.24) is 15.5 Å². The highest BCUT2D eigenvalue weighted by Crippen LogP contribution is 2.31. The fourth-order valence-corrected chi connectivity index (χ4v) is 3.33. The van der Waals surface area contributed by atoms with E-state index < -0.39 is 5.60 Å². The van der Waals surface area contributed by atoms with Crippen molar-refractivity contribution < 1.29 is 5.11 Å². The molecule has 0 aromatic rings. The molecule has 0 spiro atoms. The van der Waals surface area contributed by atoms with Crippen LogP contribution < -0.4 is 10.6 Å². The van der Waals surface area contributed by atoms with Crippen LogP contribution in [0.1, 0.15) is 51.9 Å². The van der Waals surface area contributed by atoms with Gasteiger partial charge in [-0.1, -0.05) is 0 Å². The van der Waals surface area contributed by atoms with Crippen molar-refractivity contribution in [2.45, 2.75) is 69.6 Å². The van der Waals surface area contributed by atoms with Gasteiger partial charge in [0, 0.05) is 31.7 Å². The Morgan fingerprint density at radius 3 is 2.41 bits per heavy atom. The average molecular weight is 422 g/mol. The number of hydrogen-bond donors (Lipinski definition) is 3. The number of hydrogen-bond acceptors (Lipinski definition) is 3. The molecular weight excluding hydrogens is 391 g/mol. The Hall–Kier alpha value is -0.0800. The minimum Gasteiger partial charge on any atom is -0.388 e. The lowest BCUT2D eigenvalue weighted by molar-refractivity contribution is -0.0236. The molecule has 1 saturated heterocycles. The summed E-state index contributed by atoms with van der Waals surface area (Å²) >= 11 is 0. The third-order valence-electron chi connectivity index (χ3n) is 5.09. The molecular formula is C16H31IN4O. The van der Waals surface area contributed by atoms with Gasteiger partial charge < -0.3 is 20.6 Å². The van der Waals surface area contributed by atoms with Crippen LogP contribution in [0, 0.1) is 0 Å². The van der Waals surface area contributed by atoms with Crippen molar-refractivity contribution in [1.29, 1.82) is 0 Å². The number of nitrogens with one attached hydrogen (secondary N) is 2. The maximum atomic E-state index is 10.2. The van der Waals surface area contributed by atoms with Crippen LogP contribution in [0.15, 0.2) is 4.99 Å². The predicted octanol–water partition coefficient (Wildman–Crippen LogP) is 1.70. The topological polar surface area (TPSA) is 59.9 Å². The smallest absolute Gasteiger partial charge is 0.191 e. The van der Waals surface area contributed by atoms with Crippen LogP contribution in [0.25, 0.3) is 0 Å². The van der Waals surface area contributed by atoms with E-state index in [9.17, 15) is 5.11 Å². The van der Waals surface area contributed by atoms with Crippen LogP contribution in [0.3, 0.4) is 0 Å². The van der Waals surface area contributed by atoms with E-state index in [-0.39, 0.29) is 24.0 Å². The molecule has 1 aliphatic heterocycles. The largest absolute Gasteiger partial charge is 0.388 e. The van der Waals surface area contributed by atoms with E-state index in [1.807, 2.05) is 0 Å². The van der Waals surface area contributed by atoms with Crippen LogP contribution in [-0.2, 0) is 0 Å². The number of aliphatic hydroxyl groups is 1. The molecule has 128 valence electrons. The van der Waals surface area contributed by atoms with Gasteiger partial charge in [-0.15, -0.1) is 24.0 Å². The summed E-state index contributed by atoms with van der Waals surface area (Å²) < 4.78 is 0. The van der Waals surface area contributed by atoms with Crippen LogP contribution in [0.4, 0.5) is 0 Å². The minimum absolute atomic E-state index is 0. The lowest BCUT2D eigenvalue weighted by Crippen LogP contribution is -2.50. The zero-order valence-electron chi connectivity index (χ0n) is 13.7. The molecule has 2 saturated carbocycles. The molecule has 0 bridgehead atoms. The van der Waals surface area contributed by atoms with Gasteiger partial charge in [-0.05, 0) is 51.9 Å². The van der Waals surface area contributed by atoms with E-state index in [2.05, 4.69) is 27.4 Å². The molecule has 0 atom stereocenters. The third-order valence-corrected chi connectivity index (χ3v) is 5.09. The molecule has 0 aromatic carbocycles. The lowest BCUT2D eigenvalue weighted by Gasteiger charge is -2.36. The quantitative estimate of drug-likeness (QED) is 0.359. The molecule has 0 unspecified atom stereocenters. The molecule has 5 nitrogen and oxygen atoms in total. The normalized spacial score (nSPS) is 26.0. The lowest BCUT2D eigenvalue weighted by atomic mass is 9.80. The highest BCUT2D eigenvalue weighted by molar-refractivity contribution is 14.0. The number of piperidine rings is 1. The van der Waals surface area contributed by atoms with Crippen molar-refractivity contribution in [3.8, 4) is 0 Å². The number of aliphatic imine (C=N–C) groups is 1. The summed E-state index contributed by atoms with van der Waals surface area (Å²) in [4.78, 5) is 7.24. The third kappa shape index (κ3) is 4.96. The Bertz CT molecular complexity index is 374. The molecule has 0 radical (unpaired) electrons. The molecule has 1 heterocycles. The number of likely N-dealkylation sites (tertiary alicyclic amines) is 1. The molecule has 6 heteroatoms. The zero-order chi connectivity index (χ0) is 14.7. The van der Waals surface area contributed by atoms with Crippen molar-refractivity contribution in [3.63, 3.8) is 0 Å². The van der Waals surface area contributed by atoms with E-state index in [0.717, 1.165) is 37.8 Å². The second kappa shape index (κ2) is 8.15. The SMILES string of the molecule is CCNC(=NCC1(O)CCC1)NC1CCN(C2CC2)CC1.I. The van der Waals surface area contributed by atoms with Crippen molar-refractivity contribution in [3.05, 3.63) is 0 Å². The van der Waals surface area contributed by atoms with Gasteiger partial charge in [0.2, 0.25) is 0 Å². The second-order valence-corrected chi connectivity index (χ2v) is 6.96. The standard InChI is InChI=1S/C16H30N4O.HI/c1-2-17-15(18-12-16(21)8-3-9-16)19-13-6-10-20(11-7-13)14-4-5-14;/h13-14,21H,2-12H2,1H3,(H2,17,18,19);1H. The van der Waals surface area contributed by atoms with E-state index >= 15 is 0 Å². The number of nitrogens with zero attached hydrogens (tertiary/aromatic N) is 2. The number of rotatable bonds is 5. The first-order valence-corrected chi connectivity index (χ1v) is 8.70. The van der Waals surface area contributed by atoms with Gasteiger partial charge in [-0.2, -0.15) is 0 Å². The fraction of sp³-hybridized carbons (Fsp3) is 0.938.